The average Bonchev–Trinajstić information content (AvgIpc) is 3.07. The van der Waals surface area contributed by atoms with Crippen molar-refractivity contribution in [2.75, 3.05) is 24.7 Å². The fourth-order valence-electron chi connectivity index (χ4n) is 3.66. The van der Waals surface area contributed by atoms with Gasteiger partial charge in [-0.15, -0.1) is 0 Å². The second-order valence-electron chi connectivity index (χ2n) is 7.17. The molecule has 10 heteroatoms. The highest BCUT2D eigenvalue weighted by atomic mass is 32.2. The predicted octanol–water partition coefficient (Wildman–Crippen LogP) is 1.62. The van der Waals surface area contributed by atoms with Crippen LogP contribution in [0.15, 0.2) is 28.0 Å². The van der Waals surface area contributed by atoms with Gasteiger partial charge in [-0.1, -0.05) is 0 Å². The molecule has 1 atom stereocenters. The summed E-state index contributed by atoms with van der Waals surface area (Å²) in [7, 11) is -3.30. The van der Waals surface area contributed by atoms with Crippen LogP contribution in [0.1, 0.15) is 29.2 Å². The number of nitriles is 1. The van der Waals surface area contributed by atoms with Gasteiger partial charge >= 0.3 is 0 Å². The summed E-state index contributed by atoms with van der Waals surface area (Å²) in [4.78, 5) is 17.1. The van der Waals surface area contributed by atoms with Crippen molar-refractivity contribution < 1.29 is 23.0 Å². The van der Waals surface area contributed by atoms with Gasteiger partial charge in [0.1, 0.15) is 24.8 Å². The summed E-state index contributed by atoms with van der Waals surface area (Å²) in [6.45, 7) is 2.44. The van der Waals surface area contributed by atoms with Crippen LogP contribution in [0, 0.1) is 18.3 Å². The molecule has 156 valence electrons. The molecule has 4 rings (SSSR count). The van der Waals surface area contributed by atoms with E-state index in [1.54, 1.807) is 25.1 Å². The molecule has 30 heavy (non-hydrogen) atoms. The number of ether oxygens (including phenoxy) is 2. The Balaban J connectivity index is 1.78. The summed E-state index contributed by atoms with van der Waals surface area (Å²) in [5.74, 6) is 0.435. The molecule has 1 aromatic carbocycles. The van der Waals surface area contributed by atoms with E-state index in [4.69, 9.17) is 9.47 Å². The molecule has 0 amide bonds. The number of sulfone groups is 1. The topological polar surface area (TPSA) is 131 Å². The molecule has 1 N–H and O–H groups in total. The van der Waals surface area contributed by atoms with Crippen LogP contribution in [-0.2, 0) is 9.84 Å². The molecule has 0 aliphatic carbocycles. The zero-order chi connectivity index (χ0) is 21.5. The minimum Gasteiger partial charge on any atom is -0.494 e. The van der Waals surface area contributed by atoms with Gasteiger partial charge in [0.05, 0.1) is 28.8 Å². The first-order valence-electron chi connectivity index (χ1n) is 9.33. The number of aromatic nitrogens is 1. The van der Waals surface area contributed by atoms with Gasteiger partial charge < -0.3 is 14.6 Å². The third-order valence-electron chi connectivity index (χ3n) is 5.23. The molecule has 0 bridgehead atoms. The van der Waals surface area contributed by atoms with E-state index >= 15 is 0 Å². The summed E-state index contributed by atoms with van der Waals surface area (Å²) in [6.07, 6.45) is 1.55. The zero-order valence-electron chi connectivity index (χ0n) is 16.2. The van der Waals surface area contributed by atoms with Crippen LogP contribution in [-0.4, -0.2) is 49.0 Å². The molecule has 3 heterocycles. The number of aliphatic imine (C=N–C) groups is 1. The number of benzene rings is 1. The van der Waals surface area contributed by atoms with Crippen LogP contribution in [0.4, 0.5) is 5.69 Å². The summed E-state index contributed by atoms with van der Waals surface area (Å²) < 4.78 is 35.7. The minimum atomic E-state index is -3.30. The van der Waals surface area contributed by atoms with E-state index < -0.39 is 27.3 Å². The Hall–Kier alpha value is -3.32. The molecule has 2 aliphatic heterocycles. The Labute approximate surface area is 172 Å². The number of pyridine rings is 1. The summed E-state index contributed by atoms with van der Waals surface area (Å²) >= 11 is 0. The Morgan fingerprint density at radius 1 is 1.30 bits per heavy atom. The first-order chi connectivity index (χ1) is 14.3. The van der Waals surface area contributed by atoms with Gasteiger partial charge in [0.15, 0.2) is 21.3 Å². The van der Waals surface area contributed by atoms with Crippen molar-refractivity contribution in [2.45, 2.75) is 19.4 Å². The van der Waals surface area contributed by atoms with E-state index in [0.29, 0.717) is 30.4 Å². The SMILES string of the molecule is Cc1c(C=Nc2ccc3c(c2)OCCO3)c(O)n(C2CCS(=O)(=O)C2)c(=O)c1C#N. The zero-order valence-corrected chi connectivity index (χ0v) is 17.0. The summed E-state index contributed by atoms with van der Waals surface area (Å²) in [5.41, 5.74) is 0.133. The monoisotopic (exact) mass is 429 g/mol. The highest BCUT2D eigenvalue weighted by Crippen LogP contribution is 2.34. The first-order valence-corrected chi connectivity index (χ1v) is 11.1. The van der Waals surface area contributed by atoms with Crippen molar-refractivity contribution in [2.24, 2.45) is 4.99 Å². The lowest BCUT2D eigenvalue weighted by Gasteiger charge is -2.19. The third kappa shape index (κ3) is 3.52. The summed E-state index contributed by atoms with van der Waals surface area (Å²) in [6, 6.07) is 6.25. The maximum Gasteiger partial charge on any atom is 0.271 e. The molecule has 2 aliphatic rings. The second-order valence-corrected chi connectivity index (χ2v) is 9.40. The minimum absolute atomic E-state index is 0.0695. The van der Waals surface area contributed by atoms with Crippen molar-refractivity contribution in [3.63, 3.8) is 0 Å². The van der Waals surface area contributed by atoms with Crippen LogP contribution in [0.25, 0.3) is 0 Å². The van der Waals surface area contributed by atoms with Crippen LogP contribution >= 0.6 is 0 Å². The molecule has 0 spiro atoms. The van der Waals surface area contributed by atoms with E-state index in [9.17, 15) is 23.6 Å². The van der Waals surface area contributed by atoms with Gasteiger partial charge in [0, 0.05) is 12.3 Å². The molecule has 0 saturated carbocycles. The predicted molar refractivity (Wildman–Crippen MR) is 109 cm³/mol. The van der Waals surface area contributed by atoms with Crippen LogP contribution in [0.5, 0.6) is 17.4 Å². The Morgan fingerprint density at radius 2 is 2.03 bits per heavy atom. The van der Waals surface area contributed by atoms with Gasteiger partial charge in [0.25, 0.3) is 5.56 Å². The van der Waals surface area contributed by atoms with Crippen molar-refractivity contribution in [3.05, 3.63) is 45.2 Å². The average molecular weight is 429 g/mol. The van der Waals surface area contributed by atoms with Gasteiger partial charge in [0.2, 0.25) is 5.88 Å². The number of fused-ring (bicyclic) bond motifs is 1. The van der Waals surface area contributed by atoms with Crippen molar-refractivity contribution in [1.29, 1.82) is 5.26 Å². The van der Waals surface area contributed by atoms with Gasteiger partial charge in [-0.05, 0) is 31.0 Å². The number of rotatable bonds is 3. The lowest BCUT2D eigenvalue weighted by Crippen LogP contribution is -2.29. The lowest BCUT2D eigenvalue weighted by atomic mass is 10.0. The first kappa shape index (κ1) is 20.0. The highest BCUT2D eigenvalue weighted by molar-refractivity contribution is 7.91. The standard InChI is InChI=1S/C20H19N3O6S/c1-12-15(9-21)19(24)23(14-4-7-30(26,27)11-14)20(25)16(12)10-22-13-2-3-17-18(8-13)29-6-5-28-17/h2-3,8,10,14,25H,4-7,11H2,1H3. The van der Waals surface area contributed by atoms with Crippen LogP contribution in [0.3, 0.4) is 0 Å². The van der Waals surface area contributed by atoms with Crippen LogP contribution in [0.2, 0.25) is 0 Å². The Kier molecular flexibility index (Phi) is 4.99. The van der Waals surface area contributed by atoms with E-state index in [2.05, 4.69) is 4.99 Å². The van der Waals surface area contributed by atoms with Crippen molar-refractivity contribution in [1.82, 2.24) is 4.57 Å². The number of hydrogen-bond donors (Lipinski definition) is 1. The number of aromatic hydroxyl groups is 1. The molecule has 0 radical (unpaired) electrons. The molecule has 2 aromatic rings. The van der Waals surface area contributed by atoms with Gasteiger partial charge in [-0.3, -0.25) is 14.4 Å². The normalized spacial score (nSPS) is 19.7. The van der Waals surface area contributed by atoms with Crippen LogP contribution < -0.4 is 15.0 Å². The maximum absolute atomic E-state index is 12.7. The molecule has 1 saturated heterocycles. The molecule has 1 unspecified atom stereocenters. The largest absolute Gasteiger partial charge is 0.494 e. The van der Waals surface area contributed by atoms with E-state index in [-0.39, 0.29) is 34.6 Å². The summed E-state index contributed by atoms with van der Waals surface area (Å²) in [5, 5.41) is 20.3. The molecule has 9 nitrogen and oxygen atoms in total. The van der Waals surface area contributed by atoms with Crippen molar-refractivity contribution in [3.8, 4) is 23.4 Å². The van der Waals surface area contributed by atoms with Gasteiger partial charge in [-0.2, -0.15) is 5.26 Å². The Morgan fingerprint density at radius 3 is 2.70 bits per heavy atom. The Bertz CT molecular complexity index is 1260. The fourth-order valence-corrected chi connectivity index (χ4v) is 5.36. The molecule has 1 fully saturated rings. The third-order valence-corrected chi connectivity index (χ3v) is 6.98. The number of nitrogens with zero attached hydrogens (tertiary/aromatic N) is 3. The van der Waals surface area contributed by atoms with E-state index in [1.807, 2.05) is 6.07 Å². The molecular weight excluding hydrogens is 410 g/mol. The van der Waals surface area contributed by atoms with Gasteiger partial charge in [-0.25, -0.2) is 8.42 Å². The van der Waals surface area contributed by atoms with E-state index in [0.717, 1.165) is 4.57 Å². The number of hydrogen-bond acceptors (Lipinski definition) is 8. The van der Waals surface area contributed by atoms with E-state index in [1.165, 1.54) is 6.21 Å². The maximum atomic E-state index is 12.7. The quantitative estimate of drug-likeness (QED) is 0.734. The molecule has 1 aromatic heterocycles. The molecular formula is C20H19N3O6S. The van der Waals surface area contributed by atoms with Crippen molar-refractivity contribution >= 4 is 21.7 Å². The lowest BCUT2D eigenvalue weighted by molar-refractivity contribution is 0.171. The second kappa shape index (κ2) is 7.50. The highest BCUT2D eigenvalue weighted by Gasteiger charge is 2.33. The smallest absolute Gasteiger partial charge is 0.271 e. The fraction of sp³-hybridized carbons (Fsp3) is 0.350.